The topological polar surface area (TPSA) is 15.5 Å². The molecule has 4 nitrogen and oxygen atoms in total. The van der Waals surface area contributed by atoms with Gasteiger partial charge in [0.1, 0.15) is 28.2 Å². The molecule has 0 radical (unpaired) electrons. The summed E-state index contributed by atoms with van der Waals surface area (Å²) >= 11 is 0. The number of nitrogens with zero attached hydrogens (tertiary/aromatic N) is 4. The molecule has 4 spiro atoms. The minimum Gasteiger partial charge on any atom is -0.201 e. The molecule has 0 bridgehead atoms. The lowest BCUT2D eigenvalue weighted by Gasteiger charge is -2.41. The van der Waals surface area contributed by atoms with Crippen molar-refractivity contribution in [3.63, 3.8) is 0 Å². The summed E-state index contributed by atoms with van der Waals surface area (Å²) < 4.78 is 62.8. The number of pyridine rings is 4. The van der Waals surface area contributed by atoms with Gasteiger partial charge in [-0.1, -0.05) is 137 Å². The van der Waals surface area contributed by atoms with E-state index in [0.717, 1.165) is 86.0 Å². The third kappa shape index (κ3) is 12.9. The molecule has 8 aliphatic carbocycles. The zero-order chi connectivity index (χ0) is 67.4. The summed E-state index contributed by atoms with van der Waals surface area (Å²) in [4.78, 5) is 0. The summed E-state index contributed by atoms with van der Waals surface area (Å²) in [6.45, 7) is 8.61. The van der Waals surface area contributed by atoms with Crippen molar-refractivity contribution >= 4 is 0 Å². The van der Waals surface area contributed by atoms with Crippen molar-refractivity contribution in [2.45, 2.75) is 220 Å². The molecule has 4 heteroatoms. The van der Waals surface area contributed by atoms with Crippen molar-refractivity contribution in [1.29, 1.82) is 0 Å². The Balaban J connectivity index is 0.000000116. The van der Waals surface area contributed by atoms with Gasteiger partial charge in [-0.05, 0) is 229 Å². The lowest BCUT2D eigenvalue weighted by atomic mass is 9.64. The molecule has 0 aliphatic heterocycles. The lowest BCUT2D eigenvalue weighted by molar-refractivity contribution is -0.669. The number of aromatic nitrogens is 4. The Morgan fingerprint density at radius 3 is 1.10 bits per heavy atom. The Bertz CT molecular complexity index is 4170. The minimum absolute atomic E-state index is 0.151. The summed E-state index contributed by atoms with van der Waals surface area (Å²) in [5.41, 5.74) is 25.0. The van der Waals surface area contributed by atoms with Crippen LogP contribution in [0.15, 0.2) is 146 Å². The fraction of sp³-hybridized carbons (Fsp3) is 0.488. The molecule has 4 aromatic heterocycles. The van der Waals surface area contributed by atoms with Gasteiger partial charge in [-0.3, -0.25) is 0 Å². The maximum absolute atomic E-state index is 9.10. The second-order valence-corrected chi connectivity index (χ2v) is 29.6. The van der Waals surface area contributed by atoms with Crippen molar-refractivity contribution in [2.24, 2.45) is 49.9 Å². The molecule has 16 rings (SSSR count). The van der Waals surface area contributed by atoms with Gasteiger partial charge in [-0.15, -0.1) is 0 Å². The molecular formula is C86H108N4+4. The molecule has 468 valence electrons. The Labute approximate surface area is 551 Å². The van der Waals surface area contributed by atoms with Crippen LogP contribution in [0.4, 0.5) is 0 Å². The van der Waals surface area contributed by atoms with Crippen LogP contribution in [-0.2, 0) is 79.4 Å². The zero-order valence-corrected chi connectivity index (χ0v) is 56.2. The van der Waals surface area contributed by atoms with Crippen molar-refractivity contribution < 1.29 is 26.5 Å². The third-order valence-corrected chi connectivity index (χ3v) is 23.7. The molecule has 8 aromatic rings. The molecule has 4 heterocycles. The highest BCUT2D eigenvalue weighted by Crippen LogP contribution is 2.51. The molecule has 0 saturated heterocycles. The third-order valence-electron chi connectivity index (χ3n) is 23.7. The number of benzene rings is 4. The predicted molar refractivity (Wildman–Crippen MR) is 372 cm³/mol. The van der Waals surface area contributed by atoms with Crippen molar-refractivity contribution in [1.82, 2.24) is 0 Å². The van der Waals surface area contributed by atoms with Gasteiger partial charge in [0, 0.05) is 96.2 Å². The first-order valence-corrected chi connectivity index (χ1v) is 35.3. The molecule has 0 atom stereocenters. The van der Waals surface area contributed by atoms with E-state index in [2.05, 4.69) is 177 Å². The highest BCUT2D eigenvalue weighted by Gasteiger charge is 2.43. The predicted octanol–water partition coefficient (Wildman–Crippen LogP) is 18.9. The van der Waals surface area contributed by atoms with Gasteiger partial charge in [0.2, 0.25) is 22.8 Å². The first-order valence-electron chi connectivity index (χ1n) is 38.3. The first-order chi connectivity index (χ1) is 46.0. The van der Waals surface area contributed by atoms with Gasteiger partial charge in [-0.25, -0.2) is 4.57 Å². The number of fused-ring (bicyclic) bond motifs is 4. The fourth-order valence-corrected chi connectivity index (χ4v) is 18.2. The standard InChI is InChI=1S/2C22H28N.2C21H26N/c1-17-8-4-5-9-19(17)21-11-10-18-16-22(13-6-3-7-14-22)15-12-20(18)23(21)2;1-17-8-4-5-9-20(17)21-14-19-15-22(11-6-3-7-12-22)13-10-18(19)16-23(21)2;1-16-7-3-4-8-18(16)20-10-9-17-15-21(12-5-6-13-21)14-11-19(17)22(20)2;1-16-7-3-4-8-18(16)19-10-9-17-11-14-21(12-5-6-13-21)15-20(17)22(19)2/h4-5,8-11H,3,6-7,12-16H2,1-2H3;4-5,8-9,14,16H,3,6-7,10-13,15H2,1-2H3;2*3-4,7-10H,5-6,11-15H2,1-2H3/q4*+1/i;10D2,15D2;;15D2. The van der Waals surface area contributed by atoms with Crippen LogP contribution in [-0.4, -0.2) is 0 Å². The second kappa shape index (κ2) is 26.6. The van der Waals surface area contributed by atoms with Gasteiger partial charge in [0.15, 0.2) is 23.3 Å². The van der Waals surface area contributed by atoms with E-state index in [4.69, 9.17) is 8.22 Å². The van der Waals surface area contributed by atoms with E-state index in [1.54, 1.807) is 22.5 Å². The van der Waals surface area contributed by atoms with Crippen molar-refractivity contribution in [3.8, 4) is 45.0 Å². The summed E-state index contributed by atoms with van der Waals surface area (Å²) in [7, 11) is 8.50. The highest BCUT2D eigenvalue weighted by molar-refractivity contribution is 5.64. The van der Waals surface area contributed by atoms with E-state index >= 15 is 0 Å². The molecule has 4 aromatic carbocycles. The number of hydrogen-bond donors (Lipinski definition) is 0. The largest absolute Gasteiger partial charge is 0.212 e. The van der Waals surface area contributed by atoms with Crippen LogP contribution in [0.1, 0.15) is 217 Å². The van der Waals surface area contributed by atoms with Crippen LogP contribution >= 0.6 is 0 Å². The van der Waals surface area contributed by atoms with E-state index in [-0.39, 0.29) is 11.8 Å². The molecule has 8 aliphatic rings. The average molecular weight is 1200 g/mol. The number of rotatable bonds is 4. The minimum atomic E-state index is -1.51. The highest BCUT2D eigenvalue weighted by atomic mass is 15.0. The van der Waals surface area contributed by atoms with Gasteiger partial charge in [0.05, 0.1) is 0 Å². The summed E-state index contributed by atoms with van der Waals surface area (Å²) in [5.74, 6) is 0. The summed E-state index contributed by atoms with van der Waals surface area (Å²) in [6, 6.07) is 49.8. The molecule has 0 N–H and O–H groups in total. The Hall–Kier alpha value is -6.52. The Morgan fingerprint density at radius 2 is 0.667 bits per heavy atom. The SMILES string of the molecule is Cc1ccccc1-c1ccc2c([n+]1C)CCC1(CCCC1)C2.Cc1ccccc1-c1ccc2c([n+]1C)CCC1(CCCCC1)C2.[2H]C1([2H])CC2(CCCCC2)C([2H])([2H])c2cc(-c3ccccc3C)[n+](C)cc21.[2H]C1([2H])c2c(ccc(-c3ccccc3C)[n+]2C)CCC12CCCC2. The first kappa shape index (κ1) is 55.1. The molecular weight excluding hydrogens is 1090 g/mol. The monoisotopic (exact) mass is 1200 g/mol. The van der Waals surface area contributed by atoms with E-state index < -0.39 is 24.5 Å². The maximum Gasteiger partial charge on any atom is 0.212 e. The summed E-state index contributed by atoms with van der Waals surface area (Å²) in [5, 5.41) is 0. The summed E-state index contributed by atoms with van der Waals surface area (Å²) in [6.07, 6.45) is 29.9. The molecule has 90 heavy (non-hydrogen) atoms. The van der Waals surface area contributed by atoms with E-state index in [9.17, 15) is 0 Å². The van der Waals surface area contributed by atoms with Crippen molar-refractivity contribution in [3.05, 3.63) is 213 Å². The smallest absolute Gasteiger partial charge is 0.201 e. The van der Waals surface area contributed by atoms with E-state index in [0.29, 0.717) is 22.0 Å². The Kier molecular flexibility index (Phi) is 16.3. The van der Waals surface area contributed by atoms with Gasteiger partial charge >= 0.3 is 0 Å². The van der Waals surface area contributed by atoms with Crippen LogP contribution in [0, 0.1) is 49.4 Å². The second-order valence-electron chi connectivity index (χ2n) is 29.6. The number of aryl methyl sites for hydroxylation is 7. The van der Waals surface area contributed by atoms with E-state index in [1.807, 2.05) is 43.1 Å². The van der Waals surface area contributed by atoms with Crippen LogP contribution < -0.4 is 18.3 Å². The van der Waals surface area contributed by atoms with Crippen LogP contribution in [0.3, 0.4) is 0 Å². The number of hydrogen-bond acceptors (Lipinski definition) is 0. The van der Waals surface area contributed by atoms with Crippen LogP contribution in [0.2, 0.25) is 0 Å². The van der Waals surface area contributed by atoms with Crippen molar-refractivity contribution in [2.75, 3.05) is 0 Å². The zero-order valence-electron chi connectivity index (χ0n) is 62.2. The fourth-order valence-electron chi connectivity index (χ4n) is 18.2. The van der Waals surface area contributed by atoms with Gasteiger partial charge < -0.3 is 0 Å². The average Bonchev–Trinajstić information content (AvgIpc) is 1.11. The quantitative estimate of drug-likeness (QED) is 0.156. The molecule has 4 fully saturated rings. The van der Waals surface area contributed by atoms with Gasteiger partial charge in [0.25, 0.3) is 0 Å². The van der Waals surface area contributed by atoms with Crippen LogP contribution in [0.5, 0.6) is 0 Å². The van der Waals surface area contributed by atoms with E-state index in [1.165, 1.54) is 159 Å². The molecule has 0 amide bonds. The molecule has 4 saturated carbocycles. The lowest BCUT2D eigenvalue weighted by Crippen LogP contribution is -2.42. The maximum atomic E-state index is 9.10. The Morgan fingerprint density at radius 1 is 0.311 bits per heavy atom. The van der Waals surface area contributed by atoms with Crippen LogP contribution in [0.25, 0.3) is 45.0 Å². The van der Waals surface area contributed by atoms with Gasteiger partial charge in [-0.2, -0.15) is 13.7 Å². The molecule has 0 unspecified atom stereocenters. The normalized spacial score (nSPS) is 22.1.